The molecule has 0 radical (unpaired) electrons. The first-order chi connectivity index (χ1) is 10.3. The van der Waals surface area contributed by atoms with Crippen LogP contribution in [-0.4, -0.2) is 12.8 Å². The van der Waals surface area contributed by atoms with Crippen LogP contribution in [0.3, 0.4) is 0 Å². The smallest absolute Gasteiger partial charge is 0.0412 e. The highest BCUT2D eigenvalue weighted by Gasteiger charge is 2.13. The average molecular weight is 297 g/mol. The van der Waals surface area contributed by atoms with Crippen molar-refractivity contribution in [3.8, 4) is 0 Å². The first-order valence-electron chi connectivity index (χ1n) is 7.74. The van der Waals surface area contributed by atoms with Crippen molar-refractivity contribution in [2.45, 2.75) is 37.1 Å². The van der Waals surface area contributed by atoms with Crippen LogP contribution in [0.5, 0.6) is 0 Å². The van der Waals surface area contributed by atoms with Gasteiger partial charge >= 0.3 is 0 Å². The lowest BCUT2D eigenvalue weighted by atomic mass is 10.1. The van der Waals surface area contributed by atoms with E-state index in [4.69, 9.17) is 0 Å². The summed E-state index contributed by atoms with van der Waals surface area (Å²) < 4.78 is 0. The predicted octanol–water partition coefficient (Wildman–Crippen LogP) is 4.54. The van der Waals surface area contributed by atoms with Gasteiger partial charge < -0.3 is 5.32 Å². The van der Waals surface area contributed by atoms with Gasteiger partial charge in [0, 0.05) is 16.7 Å². The van der Waals surface area contributed by atoms with Gasteiger partial charge in [-0.05, 0) is 62.1 Å². The highest BCUT2D eigenvalue weighted by molar-refractivity contribution is 7.99. The van der Waals surface area contributed by atoms with E-state index in [2.05, 4.69) is 54.7 Å². The van der Waals surface area contributed by atoms with E-state index in [0.29, 0.717) is 6.04 Å². The van der Waals surface area contributed by atoms with E-state index in [0.717, 1.165) is 5.75 Å². The molecule has 1 aliphatic carbocycles. The second-order valence-corrected chi connectivity index (χ2v) is 6.94. The quantitative estimate of drug-likeness (QED) is 0.813. The summed E-state index contributed by atoms with van der Waals surface area (Å²) in [6.07, 6.45) is 3.85. The van der Waals surface area contributed by atoms with E-state index in [1.54, 1.807) is 11.1 Å². The summed E-state index contributed by atoms with van der Waals surface area (Å²) in [4.78, 5) is 1.41. The highest BCUT2D eigenvalue weighted by Crippen LogP contribution is 2.30. The molecule has 0 amide bonds. The molecule has 1 unspecified atom stereocenters. The molecule has 110 valence electrons. The predicted molar refractivity (Wildman–Crippen MR) is 92.2 cm³/mol. The van der Waals surface area contributed by atoms with Gasteiger partial charge in [0.15, 0.2) is 0 Å². The molecule has 1 N–H and O–H groups in total. The zero-order valence-corrected chi connectivity index (χ0v) is 13.7. The van der Waals surface area contributed by atoms with Crippen LogP contribution < -0.4 is 5.32 Å². The fourth-order valence-electron chi connectivity index (χ4n) is 2.96. The summed E-state index contributed by atoms with van der Waals surface area (Å²) in [5, 5.41) is 3.44. The summed E-state index contributed by atoms with van der Waals surface area (Å²) in [6, 6.07) is 16.3. The van der Waals surface area contributed by atoms with Gasteiger partial charge in [0.05, 0.1) is 0 Å². The summed E-state index contributed by atoms with van der Waals surface area (Å²) in [7, 11) is 2.05. The van der Waals surface area contributed by atoms with Gasteiger partial charge in [-0.1, -0.05) is 35.9 Å². The number of aryl methyl sites for hydroxylation is 3. The summed E-state index contributed by atoms with van der Waals surface area (Å²) in [5.74, 6) is 1.07. The van der Waals surface area contributed by atoms with E-state index in [9.17, 15) is 0 Å². The second kappa shape index (κ2) is 6.67. The van der Waals surface area contributed by atoms with Gasteiger partial charge in [0.1, 0.15) is 0 Å². The van der Waals surface area contributed by atoms with Gasteiger partial charge in [0.2, 0.25) is 0 Å². The lowest BCUT2D eigenvalue weighted by Gasteiger charge is -2.17. The van der Waals surface area contributed by atoms with E-state index in [1.165, 1.54) is 35.3 Å². The van der Waals surface area contributed by atoms with Crippen molar-refractivity contribution in [1.82, 2.24) is 5.32 Å². The van der Waals surface area contributed by atoms with Gasteiger partial charge in [-0.25, -0.2) is 0 Å². The maximum Gasteiger partial charge on any atom is 0.0412 e. The highest BCUT2D eigenvalue weighted by atomic mass is 32.2. The molecule has 0 bridgehead atoms. The van der Waals surface area contributed by atoms with E-state index >= 15 is 0 Å². The van der Waals surface area contributed by atoms with Crippen LogP contribution >= 0.6 is 11.8 Å². The summed E-state index contributed by atoms with van der Waals surface area (Å²) in [5.41, 5.74) is 5.82. The van der Waals surface area contributed by atoms with Crippen molar-refractivity contribution >= 4 is 11.8 Å². The molecular formula is C19H23NS. The van der Waals surface area contributed by atoms with Crippen molar-refractivity contribution < 1.29 is 0 Å². The molecule has 0 saturated heterocycles. The molecule has 21 heavy (non-hydrogen) atoms. The number of benzene rings is 2. The fourth-order valence-corrected chi connectivity index (χ4v) is 4.07. The number of hydrogen-bond donors (Lipinski definition) is 1. The normalized spacial score (nSPS) is 15.0. The van der Waals surface area contributed by atoms with Crippen LogP contribution in [0.15, 0.2) is 47.4 Å². The monoisotopic (exact) mass is 297 g/mol. The molecule has 1 atom stereocenters. The number of thioether (sulfide) groups is 1. The second-order valence-electron chi connectivity index (χ2n) is 5.85. The zero-order chi connectivity index (χ0) is 14.7. The van der Waals surface area contributed by atoms with Crippen LogP contribution in [0, 0.1) is 6.92 Å². The van der Waals surface area contributed by atoms with Gasteiger partial charge in [-0.2, -0.15) is 0 Å². The van der Waals surface area contributed by atoms with Gasteiger partial charge in [0.25, 0.3) is 0 Å². The molecule has 0 heterocycles. The third-order valence-corrected chi connectivity index (χ3v) is 5.40. The minimum atomic E-state index is 0.406. The molecule has 0 saturated carbocycles. The summed E-state index contributed by atoms with van der Waals surface area (Å²) >= 11 is 1.96. The number of nitrogens with one attached hydrogen (secondary N) is 1. The molecule has 2 heteroatoms. The Labute approximate surface area is 132 Å². The van der Waals surface area contributed by atoms with Crippen molar-refractivity contribution in [2.75, 3.05) is 12.8 Å². The Hall–Kier alpha value is -1.25. The van der Waals surface area contributed by atoms with Gasteiger partial charge in [-0.15, -0.1) is 11.8 Å². The standard InChI is InChI=1S/C19H23NS/c1-14-6-8-16(9-7-14)19(20-2)13-21-18-11-10-15-4-3-5-17(15)12-18/h6-12,19-20H,3-5,13H2,1-2H3. The van der Waals surface area contributed by atoms with Crippen LogP contribution in [0.25, 0.3) is 0 Å². The number of fused-ring (bicyclic) bond motifs is 1. The van der Waals surface area contributed by atoms with Crippen molar-refractivity contribution in [3.63, 3.8) is 0 Å². The first-order valence-corrected chi connectivity index (χ1v) is 8.73. The van der Waals surface area contributed by atoms with Crippen molar-refractivity contribution in [2.24, 2.45) is 0 Å². The Morgan fingerprint density at radius 2 is 1.81 bits per heavy atom. The Balaban J connectivity index is 1.66. The third-order valence-electron chi connectivity index (χ3n) is 4.31. The molecule has 1 aliphatic rings. The Kier molecular flexibility index (Phi) is 4.67. The minimum Gasteiger partial charge on any atom is -0.312 e. The zero-order valence-electron chi connectivity index (χ0n) is 12.9. The van der Waals surface area contributed by atoms with Crippen molar-refractivity contribution in [1.29, 1.82) is 0 Å². The molecule has 0 aromatic heterocycles. The SMILES string of the molecule is CNC(CSc1ccc2c(c1)CCC2)c1ccc(C)cc1. The Morgan fingerprint density at radius 1 is 1.05 bits per heavy atom. The van der Waals surface area contributed by atoms with Crippen molar-refractivity contribution in [3.05, 3.63) is 64.7 Å². The molecule has 0 spiro atoms. The third kappa shape index (κ3) is 3.50. The maximum absolute atomic E-state index is 3.44. The largest absolute Gasteiger partial charge is 0.312 e. The topological polar surface area (TPSA) is 12.0 Å². The van der Waals surface area contributed by atoms with E-state index < -0.39 is 0 Å². The van der Waals surface area contributed by atoms with Crippen LogP contribution in [0.4, 0.5) is 0 Å². The molecule has 0 aliphatic heterocycles. The van der Waals surface area contributed by atoms with Crippen LogP contribution in [0.2, 0.25) is 0 Å². The molecule has 1 nitrogen and oxygen atoms in total. The summed E-state index contributed by atoms with van der Waals surface area (Å²) in [6.45, 7) is 2.14. The molecule has 2 aromatic carbocycles. The molecule has 2 aromatic rings. The van der Waals surface area contributed by atoms with Crippen LogP contribution in [-0.2, 0) is 12.8 Å². The lowest BCUT2D eigenvalue weighted by Crippen LogP contribution is -2.18. The fraction of sp³-hybridized carbons (Fsp3) is 0.368. The Morgan fingerprint density at radius 3 is 2.57 bits per heavy atom. The van der Waals surface area contributed by atoms with Crippen LogP contribution in [0.1, 0.15) is 34.7 Å². The maximum atomic E-state index is 3.44. The Bertz CT molecular complexity index is 603. The van der Waals surface area contributed by atoms with Gasteiger partial charge in [-0.3, -0.25) is 0 Å². The first kappa shape index (κ1) is 14.7. The lowest BCUT2D eigenvalue weighted by molar-refractivity contribution is 0.661. The minimum absolute atomic E-state index is 0.406. The number of rotatable bonds is 5. The van der Waals surface area contributed by atoms with E-state index in [-0.39, 0.29) is 0 Å². The molecule has 0 fully saturated rings. The average Bonchev–Trinajstić information content (AvgIpc) is 2.97. The molecular weight excluding hydrogens is 274 g/mol. The molecule has 3 rings (SSSR count). The van der Waals surface area contributed by atoms with E-state index in [1.807, 2.05) is 18.8 Å². The number of hydrogen-bond acceptors (Lipinski definition) is 2.